The van der Waals surface area contributed by atoms with E-state index < -0.39 is 0 Å². The number of Topliss-reactive ketones (excluding diaryl/α,β-unsaturated/α-hetero) is 2. The number of thiophene rings is 1. The molecule has 1 saturated heterocycles. The van der Waals surface area contributed by atoms with Crippen molar-refractivity contribution in [2.75, 3.05) is 32.7 Å². The fraction of sp³-hybridized carbons (Fsp3) is 0.391. The maximum Gasteiger partial charge on any atom is 0.193 e. The van der Waals surface area contributed by atoms with E-state index in [0.29, 0.717) is 17.8 Å². The summed E-state index contributed by atoms with van der Waals surface area (Å²) in [6.45, 7) is 10.3. The van der Waals surface area contributed by atoms with E-state index in [4.69, 9.17) is 0 Å². The molecule has 3 heterocycles. The summed E-state index contributed by atoms with van der Waals surface area (Å²) in [6.07, 6.45) is 0. The maximum atomic E-state index is 12.8. The van der Waals surface area contributed by atoms with E-state index in [-0.39, 0.29) is 11.6 Å². The molecule has 0 saturated carbocycles. The molecular weight excluding hydrogens is 382 g/mol. The Bertz CT molecular complexity index is 1060. The highest BCUT2D eigenvalue weighted by Crippen LogP contribution is 2.27. The van der Waals surface area contributed by atoms with Crippen LogP contribution in [0.2, 0.25) is 0 Å². The van der Waals surface area contributed by atoms with Gasteiger partial charge in [0.05, 0.1) is 12.2 Å². The largest absolute Gasteiger partial charge is 0.355 e. The van der Waals surface area contributed by atoms with Crippen LogP contribution in [0.1, 0.15) is 44.6 Å². The molecule has 1 aromatic carbocycles. The number of aromatic amines is 1. The second-order valence-electron chi connectivity index (χ2n) is 7.91. The summed E-state index contributed by atoms with van der Waals surface area (Å²) in [5, 5.41) is 3.62. The van der Waals surface area contributed by atoms with Gasteiger partial charge in [-0.3, -0.25) is 19.4 Å². The third-order valence-corrected chi connectivity index (χ3v) is 6.87. The third-order valence-electron chi connectivity index (χ3n) is 5.86. The minimum Gasteiger partial charge on any atom is -0.355 e. The number of benzene rings is 1. The van der Waals surface area contributed by atoms with Gasteiger partial charge < -0.3 is 4.98 Å². The minimum absolute atomic E-state index is 0.00451. The van der Waals surface area contributed by atoms with E-state index in [1.807, 2.05) is 13.8 Å². The second kappa shape index (κ2) is 8.22. The monoisotopic (exact) mass is 409 g/mol. The lowest BCUT2D eigenvalue weighted by Crippen LogP contribution is -2.47. The van der Waals surface area contributed by atoms with Crippen LogP contribution in [-0.2, 0) is 6.54 Å². The molecule has 4 rings (SSSR count). The van der Waals surface area contributed by atoms with Crippen LogP contribution < -0.4 is 0 Å². The Morgan fingerprint density at radius 2 is 1.76 bits per heavy atom. The molecule has 1 aliphatic heterocycles. The van der Waals surface area contributed by atoms with Crippen molar-refractivity contribution in [3.05, 3.63) is 57.7 Å². The predicted octanol–water partition coefficient (Wildman–Crippen LogP) is 4.05. The van der Waals surface area contributed by atoms with Crippen LogP contribution in [-0.4, -0.2) is 59.1 Å². The quantitative estimate of drug-likeness (QED) is 0.624. The Kier molecular flexibility index (Phi) is 5.67. The number of nitrogens with one attached hydrogen (secondary N) is 1. The van der Waals surface area contributed by atoms with Gasteiger partial charge in [-0.05, 0) is 48.7 Å². The zero-order valence-corrected chi connectivity index (χ0v) is 18.1. The zero-order chi connectivity index (χ0) is 20.5. The Morgan fingerprint density at radius 3 is 2.45 bits per heavy atom. The number of piperazine rings is 1. The average molecular weight is 410 g/mol. The predicted molar refractivity (Wildman–Crippen MR) is 118 cm³/mol. The molecule has 0 spiro atoms. The standard InChI is InChI=1S/C23H27N3O2S/c1-15-22(17(3)27)16(2)24-23(15)20(28)13-26-10-8-25(9-11-26)12-18-14-29-21-7-5-4-6-19(18)21/h4-7,14,24H,8-13H2,1-3H3. The van der Waals surface area contributed by atoms with Crippen molar-refractivity contribution in [1.29, 1.82) is 0 Å². The average Bonchev–Trinajstić information content (AvgIpc) is 3.24. The van der Waals surface area contributed by atoms with E-state index in [1.165, 1.54) is 15.6 Å². The Labute approximate surface area is 175 Å². The van der Waals surface area contributed by atoms with Crippen LogP contribution in [0.4, 0.5) is 0 Å². The Balaban J connectivity index is 1.35. The highest BCUT2D eigenvalue weighted by atomic mass is 32.1. The molecule has 0 unspecified atom stereocenters. The van der Waals surface area contributed by atoms with E-state index >= 15 is 0 Å². The van der Waals surface area contributed by atoms with Crippen LogP contribution in [0.15, 0.2) is 29.6 Å². The number of carbonyl (C=O) groups excluding carboxylic acids is 2. The van der Waals surface area contributed by atoms with E-state index in [0.717, 1.165) is 44.0 Å². The van der Waals surface area contributed by atoms with Gasteiger partial charge in [-0.2, -0.15) is 0 Å². The molecule has 6 heteroatoms. The number of hydrogen-bond donors (Lipinski definition) is 1. The molecule has 1 aliphatic rings. The third kappa shape index (κ3) is 4.06. The second-order valence-corrected chi connectivity index (χ2v) is 8.82. The summed E-state index contributed by atoms with van der Waals surface area (Å²) in [7, 11) is 0. The first-order chi connectivity index (χ1) is 13.9. The van der Waals surface area contributed by atoms with Gasteiger partial charge in [0.15, 0.2) is 11.6 Å². The van der Waals surface area contributed by atoms with Gasteiger partial charge in [0.25, 0.3) is 0 Å². The van der Waals surface area contributed by atoms with Crippen molar-refractivity contribution >= 4 is 33.0 Å². The number of fused-ring (bicyclic) bond motifs is 1. The minimum atomic E-state index is 0.00451. The first-order valence-electron chi connectivity index (χ1n) is 10.1. The van der Waals surface area contributed by atoms with Gasteiger partial charge in [0.2, 0.25) is 0 Å². The van der Waals surface area contributed by atoms with Gasteiger partial charge in [-0.1, -0.05) is 18.2 Å². The Hall–Kier alpha value is -2.28. The lowest BCUT2D eigenvalue weighted by Gasteiger charge is -2.34. The number of aryl methyl sites for hydroxylation is 1. The normalized spacial score (nSPS) is 15.8. The summed E-state index contributed by atoms with van der Waals surface area (Å²) >= 11 is 1.81. The molecule has 3 aromatic rings. The van der Waals surface area contributed by atoms with Crippen molar-refractivity contribution in [1.82, 2.24) is 14.8 Å². The van der Waals surface area contributed by atoms with Crippen LogP contribution in [0.3, 0.4) is 0 Å². The molecule has 1 N–H and O–H groups in total. The van der Waals surface area contributed by atoms with Crippen molar-refractivity contribution < 1.29 is 9.59 Å². The number of rotatable bonds is 6. The molecule has 29 heavy (non-hydrogen) atoms. The van der Waals surface area contributed by atoms with E-state index in [1.54, 1.807) is 18.3 Å². The maximum absolute atomic E-state index is 12.8. The molecule has 152 valence electrons. The van der Waals surface area contributed by atoms with Gasteiger partial charge >= 0.3 is 0 Å². The summed E-state index contributed by atoms with van der Waals surface area (Å²) in [4.78, 5) is 32.4. The fourth-order valence-electron chi connectivity index (χ4n) is 4.34. The van der Waals surface area contributed by atoms with Gasteiger partial charge in [-0.15, -0.1) is 11.3 Å². The Morgan fingerprint density at radius 1 is 1.07 bits per heavy atom. The molecule has 1 fully saturated rings. The lowest BCUT2D eigenvalue weighted by atomic mass is 10.1. The fourth-order valence-corrected chi connectivity index (χ4v) is 5.29. The number of aromatic nitrogens is 1. The van der Waals surface area contributed by atoms with Crippen LogP contribution >= 0.6 is 11.3 Å². The highest BCUT2D eigenvalue weighted by molar-refractivity contribution is 7.17. The highest BCUT2D eigenvalue weighted by Gasteiger charge is 2.24. The number of hydrogen-bond acceptors (Lipinski definition) is 5. The van der Waals surface area contributed by atoms with Crippen molar-refractivity contribution in [2.45, 2.75) is 27.3 Å². The van der Waals surface area contributed by atoms with Gasteiger partial charge in [-0.25, -0.2) is 0 Å². The van der Waals surface area contributed by atoms with Crippen LogP contribution in [0.25, 0.3) is 10.1 Å². The first-order valence-corrected chi connectivity index (χ1v) is 10.9. The first kappa shape index (κ1) is 20.0. The van der Waals surface area contributed by atoms with Crippen molar-refractivity contribution in [3.63, 3.8) is 0 Å². The van der Waals surface area contributed by atoms with Crippen molar-refractivity contribution in [2.24, 2.45) is 0 Å². The van der Waals surface area contributed by atoms with Crippen LogP contribution in [0.5, 0.6) is 0 Å². The molecule has 0 amide bonds. The summed E-state index contributed by atoms with van der Waals surface area (Å²) in [5.74, 6) is 0.0697. The SMILES string of the molecule is CC(=O)c1c(C)[nH]c(C(=O)CN2CCN(Cc3csc4ccccc34)CC2)c1C. The summed E-state index contributed by atoms with van der Waals surface area (Å²) in [6, 6.07) is 8.57. The van der Waals surface area contributed by atoms with Crippen LogP contribution in [0, 0.1) is 13.8 Å². The number of carbonyl (C=O) groups is 2. The molecular formula is C23H27N3O2S. The summed E-state index contributed by atoms with van der Waals surface area (Å²) in [5.41, 5.74) is 4.19. The summed E-state index contributed by atoms with van der Waals surface area (Å²) < 4.78 is 1.34. The smallest absolute Gasteiger partial charge is 0.193 e. The number of H-pyrrole nitrogens is 1. The van der Waals surface area contributed by atoms with Gasteiger partial charge in [0.1, 0.15) is 0 Å². The molecule has 2 aromatic heterocycles. The molecule has 0 aliphatic carbocycles. The zero-order valence-electron chi connectivity index (χ0n) is 17.2. The molecule has 0 bridgehead atoms. The number of ketones is 2. The molecule has 0 radical (unpaired) electrons. The van der Waals surface area contributed by atoms with Crippen molar-refractivity contribution in [3.8, 4) is 0 Å². The molecule has 0 atom stereocenters. The van der Waals surface area contributed by atoms with E-state index in [2.05, 4.69) is 44.4 Å². The lowest BCUT2D eigenvalue weighted by molar-refractivity contribution is 0.0840. The number of nitrogens with zero attached hydrogens (tertiary/aromatic N) is 2. The topological polar surface area (TPSA) is 56.4 Å². The van der Waals surface area contributed by atoms with Gasteiger partial charge in [0, 0.05) is 48.7 Å². The molecule has 5 nitrogen and oxygen atoms in total. The van der Waals surface area contributed by atoms with E-state index in [9.17, 15) is 9.59 Å².